The van der Waals surface area contributed by atoms with E-state index in [9.17, 15) is 0 Å². The van der Waals surface area contributed by atoms with Gasteiger partial charge in [0.2, 0.25) is 0 Å². The molecule has 2 aromatic rings. The molecule has 1 aromatic heterocycles. The third-order valence-electron chi connectivity index (χ3n) is 2.80. The van der Waals surface area contributed by atoms with Crippen LogP contribution in [0.25, 0.3) is 0 Å². The molecule has 0 atom stereocenters. The number of nitrogens with zero attached hydrogens (tertiary/aromatic N) is 2. The summed E-state index contributed by atoms with van der Waals surface area (Å²) < 4.78 is 5.31. The van der Waals surface area contributed by atoms with E-state index in [0.29, 0.717) is 0 Å². The minimum atomic E-state index is 0.722. The average molecular weight is 245 g/mol. The van der Waals surface area contributed by atoms with Crippen molar-refractivity contribution >= 4 is 5.69 Å². The Labute approximate surface area is 108 Å². The number of aromatic nitrogens is 1. The molecule has 0 saturated heterocycles. The minimum absolute atomic E-state index is 0.722. The van der Waals surface area contributed by atoms with Crippen LogP contribution >= 0.6 is 0 Å². The van der Waals surface area contributed by atoms with Gasteiger partial charge in [-0.3, -0.25) is 0 Å². The first-order chi connectivity index (χ1) is 8.69. The Morgan fingerprint density at radius 3 is 2.89 bits per heavy atom. The van der Waals surface area contributed by atoms with Crippen LogP contribution < -0.4 is 10.2 Å². The molecule has 1 heterocycles. The molecule has 2 rings (SSSR count). The summed E-state index contributed by atoms with van der Waals surface area (Å²) in [4.78, 5) is 2.15. The van der Waals surface area contributed by atoms with E-state index in [2.05, 4.69) is 53.6 Å². The Bertz CT molecular complexity index is 507. The summed E-state index contributed by atoms with van der Waals surface area (Å²) in [5.74, 6) is 0.879. The Kier molecular flexibility index (Phi) is 3.99. The second-order valence-electron chi connectivity index (χ2n) is 4.51. The molecule has 1 aromatic carbocycles. The molecule has 4 heteroatoms. The number of rotatable bonds is 5. The molecular formula is C14H19N3O. The molecule has 0 saturated carbocycles. The van der Waals surface area contributed by atoms with Crippen LogP contribution in [-0.4, -0.2) is 19.3 Å². The van der Waals surface area contributed by atoms with Gasteiger partial charge in [0, 0.05) is 25.3 Å². The lowest BCUT2D eigenvalue weighted by atomic mass is 10.2. The largest absolute Gasteiger partial charge is 0.367 e. The number of hydrogen-bond donors (Lipinski definition) is 1. The van der Waals surface area contributed by atoms with Crippen LogP contribution in [0, 0.1) is 6.92 Å². The van der Waals surface area contributed by atoms with Gasteiger partial charge in [-0.25, -0.2) is 0 Å². The quantitative estimate of drug-likeness (QED) is 0.878. The number of benzene rings is 1. The van der Waals surface area contributed by atoms with Crippen molar-refractivity contribution < 1.29 is 4.52 Å². The fourth-order valence-electron chi connectivity index (χ4n) is 1.89. The average Bonchev–Trinajstić information content (AvgIpc) is 2.77. The SMILES string of the molecule is CNCc1cc(CN(C)c2cccc(C)c2)on1. The first kappa shape index (κ1) is 12.6. The lowest BCUT2D eigenvalue weighted by Crippen LogP contribution is -2.15. The molecule has 1 N–H and O–H groups in total. The van der Waals surface area contributed by atoms with Gasteiger partial charge in [-0.2, -0.15) is 0 Å². The third-order valence-corrected chi connectivity index (χ3v) is 2.80. The molecule has 0 radical (unpaired) electrons. The topological polar surface area (TPSA) is 41.3 Å². The fraction of sp³-hybridized carbons (Fsp3) is 0.357. The highest BCUT2D eigenvalue weighted by atomic mass is 16.5. The molecule has 0 aliphatic carbocycles. The van der Waals surface area contributed by atoms with Crippen LogP contribution in [0.1, 0.15) is 17.0 Å². The predicted octanol–water partition coefficient (Wildman–Crippen LogP) is 2.34. The molecule has 0 aliphatic heterocycles. The van der Waals surface area contributed by atoms with Crippen molar-refractivity contribution in [3.63, 3.8) is 0 Å². The molecule has 0 spiro atoms. The zero-order valence-corrected chi connectivity index (χ0v) is 11.1. The molecule has 96 valence electrons. The summed E-state index contributed by atoms with van der Waals surface area (Å²) in [6, 6.07) is 10.4. The molecule has 18 heavy (non-hydrogen) atoms. The second kappa shape index (κ2) is 5.69. The maximum absolute atomic E-state index is 5.31. The molecule has 0 amide bonds. The third kappa shape index (κ3) is 3.11. The van der Waals surface area contributed by atoms with Gasteiger partial charge in [0.05, 0.1) is 12.2 Å². The Hall–Kier alpha value is -1.81. The summed E-state index contributed by atoms with van der Waals surface area (Å²) in [5.41, 5.74) is 3.37. The van der Waals surface area contributed by atoms with Crippen molar-refractivity contribution in [1.29, 1.82) is 0 Å². The first-order valence-electron chi connectivity index (χ1n) is 6.06. The lowest BCUT2D eigenvalue weighted by Gasteiger charge is -2.17. The zero-order chi connectivity index (χ0) is 13.0. The number of hydrogen-bond acceptors (Lipinski definition) is 4. The smallest absolute Gasteiger partial charge is 0.156 e. The summed E-state index contributed by atoms with van der Waals surface area (Å²) >= 11 is 0. The maximum Gasteiger partial charge on any atom is 0.156 e. The monoisotopic (exact) mass is 245 g/mol. The Balaban J connectivity index is 2.04. The number of aryl methyl sites for hydroxylation is 1. The van der Waals surface area contributed by atoms with Gasteiger partial charge in [-0.15, -0.1) is 0 Å². The van der Waals surface area contributed by atoms with Gasteiger partial charge >= 0.3 is 0 Å². The normalized spacial score (nSPS) is 10.6. The van der Waals surface area contributed by atoms with Crippen LogP contribution in [0.5, 0.6) is 0 Å². The van der Waals surface area contributed by atoms with Gasteiger partial charge in [-0.05, 0) is 31.7 Å². The van der Waals surface area contributed by atoms with Gasteiger partial charge in [0.15, 0.2) is 5.76 Å². The highest BCUT2D eigenvalue weighted by Crippen LogP contribution is 2.17. The lowest BCUT2D eigenvalue weighted by molar-refractivity contribution is 0.376. The molecule has 0 aliphatic rings. The van der Waals surface area contributed by atoms with Crippen LogP contribution in [-0.2, 0) is 13.1 Å². The van der Waals surface area contributed by atoms with Crippen molar-refractivity contribution in [2.24, 2.45) is 0 Å². The summed E-state index contributed by atoms with van der Waals surface area (Å²) in [7, 11) is 3.95. The Morgan fingerprint density at radius 1 is 1.33 bits per heavy atom. The van der Waals surface area contributed by atoms with Gasteiger partial charge in [0.1, 0.15) is 0 Å². The highest BCUT2D eigenvalue weighted by molar-refractivity contribution is 5.47. The van der Waals surface area contributed by atoms with E-state index in [1.807, 2.05) is 13.1 Å². The number of nitrogens with one attached hydrogen (secondary N) is 1. The first-order valence-corrected chi connectivity index (χ1v) is 6.06. The van der Waals surface area contributed by atoms with Crippen LogP contribution in [0.4, 0.5) is 5.69 Å². The Morgan fingerprint density at radius 2 is 2.17 bits per heavy atom. The van der Waals surface area contributed by atoms with Gasteiger partial charge < -0.3 is 14.7 Å². The molecule has 0 unspecified atom stereocenters. The maximum atomic E-state index is 5.31. The van der Waals surface area contributed by atoms with Crippen LogP contribution in [0.3, 0.4) is 0 Å². The molecule has 0 fully saturated rings. The van der Waals surface area contributed by atoms with E-state index in [0.717, 1.165) is 24.5 Å². The standard InChI is InChI=1S/C14H19N3O/c1-11-5-4-6-13(7-11)17(3)10-14-8-12(9-15-2)16-18-14/h4-8,15H,9-10H2,1-3H3. The van der Waals surface area contributed by atoms with Crippen molar-refractivity contribution in [2.75, 3.05) is 19.0 Å². The second-order valence-corrected chi connectivity index (χ2v) is 4.51. The van der Waals surface area contributed by atoms with Gasteiger partial charge in [-0.1, -0.05) is 17.3 Å². The highest BCUT2D eigenvalue weighted by Gasteiger charge is 2.07. The zero-order valence-electron chi connectivity index (χ0n) is 11.1. The van der Waals surface area contributed by atoms with Crippen molar-refractivity contribution in [2.45, 2.75) is 20.0 Å². The van der Waals surface area contributed by atoms with E-state index < -0.39 is 0 Å². The van der Waals surface area contributed by atoms with E-state index in [1.54, 1.807) is 0 Å². The summed E-state index contributed by atoms with van der Waals surface area (Å²) in [6.07, 6.45) is 0. The van der Waals surface area contributed by atoms with Crippen LogP contribution in [0.15, 0.2) is 34.9 Å². The van der Waals surface area contributed by atoms with E-state index in [-0.39, 0.29) is 0 Å². The molecule has 4 nitrogen and oxygen atoms in total. The van der Waals surface area contributed by atoms with Crippen molar-refractivity contribution in [3.05, 3.63) is 47.3 Å². The van der Waals surface area contributed by atoms with Crippen LogP contribution in [0.2, 0.25) is 0 Å². The summed E-state index contributed by atoms with van der Waals surface area (Å²) in [5, 5.41) is 7.06. The molecule has 0 bridgehead atoms. The minimum Gasteiger partial charge on any atom is -0.367 e. The summed E-state index contributed by atoms with van der Waals surface area (Å²) in [6.45, 7) is 3.55. The van der Waals surface area contributed by atoms with E-state index in [1.165, 1.54) is 11.3 Å². The number of anilines is 1. The fourth-order valence-corrected chi connectivity index (χ4v) is 1.89. The van der Waals surface area contributed by atoms with Gasteiger partial charge in [0.25, 0.3) is 0 Å². The predicted molar refractivity (Wildman–Crippen MR) is 72.6 cm³/mol. The van der Waals surface area contributed by atoms with Crippen molar-refractivity contribution in [3.8, 4) is 0 Å². The van der Waals surface area contributed by atoms with Crippen molar-refractivity contribution in [1.82, 2.24) is 10.5 Å². The van der Waals surface area contributed by atoms with E-state index in [4.69, 9.17) is 4.52 Å². The molecular weight excluding hydrogens is 226 g/mol. The van der Waals surface area contributed by atoms with E-state index >= 15 is 0 Å².